The molecular formula is C14H6F6IN5. The molecule has 0 amide bonds. The van der Waals surface area contributed by atoms with E-state index in [1.807, 2.05) is 22.6 Å². The lowest BCUT2D eigenvalue weighted by molar-refractivity contribution is -0.141. The highest BCUT2D eigenvalue weighted by Gasteiger charge is 2.35. The summed E-state index contributed by atoms with van der Waals surface area (Å²) in [7, 11) is 0. The Labute approximate surface area is 155 Å². The standard InChI is InChI=1S/C14H6F6IN5/c15-13(16,17)8-2-1-6(4-22-8)7-3-9(14(18,19)20)25-12(24-7)11-23-5-10(21)26-11/h1-5H,(H,23,26). The Balaban J connectivity index is 2.11. The maximum absolute atomic E-state index is 13.1. The predicted octanol–water partition coefficient (Wildman–Crippen LogP) is 4.57. The summed E-state index contributed by atoms with van der Waals surface area (Å²) in [4.78, 5) is 17.2. The number of nitrogens with zero attached hydrogens (tertiary/aromatic N) is 4. The minimum Gasteiger partial charge on any atom is -0.341 e. The zero-order valence-corrected chi connectivity index (χ0v) is 14.5. The smallest absolute Gasteiger partial charge is 0.341 e. The van der Waals surface area contributed by atoms with Crippen LogP contribution < -0.4 is 0 Å². The normalized spacial score (nSPS) is 12.4. The highest BCUT2D eigenvalue weighted by molar-refractivity contribution is 14.1. The second-order valence-corrected chi connectivity index (χ2v) is 6.07. The quantitative estimate of drug-likeness (QED) is 0.427. The third kappa shape index (κ3) is 3.94. The molecule has 136 valence electrons. The van der Waals surface area contributed by atoms with E-state index in [0.717, 1.165) is 12.3 Å². The molecule has 0 radical (unpaired) electrons. The highest BCUT2D eigenvalue weighted by Crippen LogP contribution is 2.33. The second-order valence-electron chi connectivity index (χ2n) is 4.96. The van der Waals surface area contributed by atoms with Crippen molar-refractivity contribution >= 4 is 22.6 Å². The molecule has 3 rings (SSSR count). The number of hydrogen-bond acceptors (Lipinski definition) is 4. The molecule has 5 nitrogen and oxygen atoms in total. The van der Waals surface area contributed by atoms with Crippen LogP contribution in [0.1, 0.15) is 11.4 Å². The first kappa shape index (κ1) is 18.5. The Morgan fingerprint density at radius 2 is 1.58 bits per heavy atom. The summed E-state index contributed by atoms with van der Waals surface area (Å²) in [5.74, 6) is -0.334. The zero-order valence-electron chi connectivity index (χ0n) is 12.3. The Bertz CT molecular complexity index is 932. The summed E-state index contributed by atoms with van der Waals surface area (Å²) >= 11 is 1.85. The number of aromatic nitrogens is 5. The van der Waals surface area contributed by atoms with Gasteiger partial charge in [0.2, 0.25) is 0 Å². The number of rotatable bonds is 2. The van der Waals surface area contributed by atoms with Gasteiger partial charge in [-0.1, -0.05) is 0 Å². The third-order valence-electron chi connectivity index (χ3n) is 3.12. The van der Waals surface area contributed by atoms with Crippen molar-refractivity contribution in [3.8, 4) is 22.9 Å². The van der Waals surface area contributed by atoms with E-state index in [2.05, 4.69) is 24.9 Å². The number of alkyl halides is 6. The number of pyridine rings is 1. The fourth-order valence-corrected chi connectivity index (χ4v) is 2.37. The van der Waals surface area contributed by atoms with Gasteiger partial charge in [0.1, 0.15) is 15.1 Å². The number of hydrogen-bond donors (Lipinski definition) is 1. The Hall–Kier alpha value is -2.25. The van der Waals surface area contributed by atoms with Crippen molar-refractivity contribution in [1.82, 2.24) is 24.9 Å². The van der Waals surface area contributed by atoms with Gasteiger partial charge in [0, 0.05) is 18.0 Å². The maximum Gasteiger partial charge on any atom is 0.433 e. The Morgan fingerprint density at radius 3 is 2.08 bits per heavy atom. The molecule has 1 N–H and O–H groups in total. The van der Waals surface area contributed by atoms with Crippen LogP contribution in [0.5, 0.6) is 0 Å². The number of imidazole rings is 1. The summed E-state index contributed by atoms with van der Waals surface area (Å²) in [6.45, 7) is 0. The summed E-state index contributed by atoms with van der Waals surface area (Å²) in [6.07, 6.45) is -7.18. The van der Waals surface area contributed by atoms with E-state index < -0.39 is 23.7 Å². The lowest BCUT2D eigenvalue weighted by Gasteiger charge is -2.10. The number of aromatic amines is 1. The van der Waals surface area contributed by atoms with Crippen molar-refractivity contribution in [1.29, 1.82) is 0 Å². The van der Waals surface area contributed by atoms with E-state index in [1.54, 1.807) is 0 Å². The zero-order chi connectivity index (χ0) is 19.1. The minimum atomic E-state index is -4.77. The van der Waals surface area contributed by atoms with Gasteiger partial charge >= 0.3 is 12.4 Å². The van der Waals surface area contributed by atoms with E-state index in [9.17, 15) is 26.3 Å². The molecule has 0 spiro atoms. The second kappa shape index (κ2) is 6.48. The molecule has 0 aliphatic heterocycles. The molecule has 0 saturated heterocycles. The van der Waals surface area contributed by atoms with Gasteiger partial charge in [-0.3, -0.25) is 4.98 Å². The molecule has 3 aromatic rings. The lowest BCUT2D eigenvalue weighted by Crippen LogP contribution is -2.11. The maximum atomic E-state index is 13.1. The van der Waals surface area contributed by atoms with Crippen molar-refractivity contribution in [3.63, 3.8) is 0 Å². The van der Waals surface area contributed by atoms with Crippen LogP contribution in [-0.4, -0.2) is 24.9 Å². The van der Waals surface area contributed by atoms with Gasteiger partial charge in [0.15, 0.2) is 11.6 Å². The molecule has 0 aromatic carbocycles. The monoisotopic (exact) mass is 485 g/mol. The van der Waals surface area contributed by atoms with E-state index in [-0.39, 0.29) is 22.9 Å². The number of H-pyrrole nitrogens is 1. The van der Waals surface area contributed by atoms with Crippen LogP contribution in [-0.2, 0) is 12.4 Å². The Morgan fingerprint density at radius 1 is 0.885 bits per heavy atom. The average molecular weight is 485 g/mol. The highest BCUT2D eigenvalue weighted by atomic mass is 127. The molecule has 0 aliphatic rings. The summed E-state index contributed by atoms with van der Waals surface area (Å²) < 4.78 is 77.6. The number of nitrogens with one attached hydrogen (secondary N) is 1. The van der Waals surface area contributed by atoms with Gasteiger partial charge in [-0.15, -0.1) is 0 Å². The van der Waals surface area contributed by atoms with Gasteiger partial charge in [0.25, 0.3) is 0 Å². The predicted molar refractivity (Wildman–Crippen MR) is 85.6 cm³/mol. The molecule has 0 fully saturated rings. The van der Waals surface area contributed by atoms with Crippen molar-refractivity contribution < 1.29 is 26.3 Å². The fraction of sp³-hybridized carbons (Fsp3) is 0.143. The minimum absolute atomic E-state index is 0.00150. The van der Waals surface area contributed by atoms with Gasteiger partial charge in [-0.25, -0.2) is 15.0 Å². The van der Waals surface area contributed by atoms with Crippen molar-refractivity contribution in [2.45, 2.75) is 12.4 Å². The summed E-state index contributed by atoms with van der Waals surface area (Å²) in [6, 6.07) is 2.30. The first-order chi connectivity index (χ1) is 12.0. The topological polar surface area (TPSA) is 67.3 Å². The first-order valence-electron chi connectivity index (χ1n) is 6.75. The molecule has 0 unspecified atom stereocenters. The van der Waals surface area contributed by atoms with E-state index >= 15 is 0 Å². The van der Waals surface area contributed by atoms with Crippen LogP contribution >= 0.6 is 22.6 Å². The van der Waals surface area contributed by atoms with Gasteiger partial charge in [-0.05, 0) is 40.8 Å². The van der Waals surface area contributed by atoms with Crippen LogP contribution in [0.4, 0.5) is 26.3 Å². The van der Waals surface area contributed by atoms with Gasteiger partial charge in [-0.2, -0.15) is 26.3 Å². The molecular weight excluding hydrogens is 479 g/mol. The molecule has 3 heterocycles. The fourth-order valence-electron chi connectivity index (χ4n) is 1.97. The van der Waals surface area contributed by atoms with Crippen molar-refractivity contribution in [2.75, 3.05) is 0 Å². The van der Waals surface area contributed by atoms with Crippen LogP contribution in [0.3, 0.4) is 0 Å². The molecule has 26 heavy (non-hydrogen) atoms. The molecule has 0 aliphatic carbocycles. The van der Waals surface area contributed by atoms with Gasteiger partial charge in [0.05, 0.1) is 5.69 Å². The summed E-state index contributed by atoms with van der Waals surface area (Å²) in [5, 5.41) is 0. The van der Waals surface area contributed by atoms with E-state index in [1.165, 1.54) is 6.20 Å². The van der Waals surface area contributed by atoms with Gasteiger partial charge < -0.3 is 4.98 Å². The molecule has 12 heteroatoms. The van der Waals surface area contributed by atoms with Crippen molar-refractivity contribution in [3.05, 3.63) is 45.7 Å². The third-order valence-corrected chi connectivity index (χ3v) is 3.68. The molecule has 3 aromatic heterocycles. The van der Waals surface area contributed by atoms with Crippen LogP contribution in [0.25, 0.3) is 22.9 Å². The van der Waals surface area contributed by atoms with E-state index in [4.69, 9.17) is 0 Å². The Kier molecular flexibility index (Phi) is 4.62. The SMILES string of the molecule is FC(F)(F)c1ccc(-c2cc(C(F)(F)F)nc(-c3nc(I)c[nH]3)n2)cn1. The van der Waals surface area contributed by atoms with Crippen molar-refractivity contribution in [2.24, 2.45) is 0 Å². The summed E-state index contributed by atoms with van der Waals surface area (Å²) in [5.41, 5.74) is -2.65. The van der Waals surface area contributed by atoms with Crippen LogP contribution in [0.15, 0.2) is 30.6 Å². The lowest BCUT2D eigenvalue weighted by atomic mass is 10.1. The van der Waals surface area contributed by atoms with E-state index in [0.29, 0.717) is 15.8 Å². The molecule has 0 atom stereocenters. The molecule has 0 saturated carbocycles. The first-order valence-corrected chi connectivity index (χ1v) is 7.83. The van der Waals surface area contributed by atoms with Crippen LogP contribution in [0.2, 0.25) is 0 Å². The average Bonchev–Trinajstić information content (AvgIpc) is 2.99. The number of halogens is 7. The largest absolute Gasteiger partial charge is 0.433 e. The van der Waals surface area contributed by atoms with Crippen LogP contribution in [0, 0.1) is 3.70 Å². The molecule has 0 bridgehead atoms.